The summed E-state index contributed by atoms with van der Waals surface area (Å²) in [5.41, 5.74) is 0.789. The molecule has 1 aromatic carbocycles. The molecule has 0 heterocycles. The predicted molar refractivity (Wildman–Crippen MR) is 70.8 cm³/mol. The highest BCUT2D eigenvalue weighted by atomic mass is 79.9. The summed E-state index contributed by atoms with van der Waals surface area (Å²) in [7, 11) is 0. The molecule has 0 saturated heterocycles. The molecule has 0 saturated carbocycles. The number of rotatable bonds is 5. The lowest BCUT2D eigenvalue weighted by Crippen LogP contribution is -2.14. The van der Waals surface area contributed by atoms with Crippen LogP contribution in [0, 0.1) is 0 Å². The third-order valence-corrected chi connectivity index (χ3v) is 3.22. The maximum Gasteiger partial charge on any atom is 0.344 e. The summed E-state index contributed by atoms with van der Waals surface area (Å²) in [6.45, 7) is 1.93. The summed E-state index contributed by atoms with van der Waals surface area (Å²) in [5, 5.41) is 0.494. The predicted octanol–water partition coefficient (Wildman–Crippen LogP) is 3.78. The average molecular weight is 342 g/mol. The Labute approximate surface area is 118 Å². The van der Waals surface area contributed by atoms with Gasteiger partial charge in [0, 0.05) is 15.4 Å². The molecule has 0 aliphatic rings. The van der Waals surface area contributed by atoms with Gasteiger partial charge in [-0.3, -0.25) is 0 Å². The van der Waals surface area contributed by atoms with E-state index in [1.54, 1.807) is 19.1 Å². The summed E-state index contributed by atoms with van der Waals surface area (Å²) in [4.78, 5) is 11.1. The van der Waals surface area contributed by atoms with Crippen LogP contribution in [0.25, 0.3) is 0 Å². The molecule has 17 heavy (non-hydrogen) atoms. The van der Waals surface area contributed by atoms with E-state index in [9.17, 15) is 4.79 Å². The van der Waals surface area contributed by atoms with E-state index in [-0.39, 0.29) is 6.61 Å². The molecule has 6 heteroatoms. The number of ether oxygens (including phenoxy) is 2. The highest BCUT2D eigenvalue weighted by Crippen LogP contribution is 2.31. The molecule has 1 aromatic rings. The molecule has 0 amide bonds. The van der Waals surface area contributed by atoms with Gasteiger partial charge in [0.2, 0.25) is 0 Å². The number of alkyl halides is 1. The van der Waals surface area contributed by atoms with Crippen LogP contribution < -0.4 is 4.74 Å². The molecule has 0 spiro atoms. The van der Waals surface area contributed by atoms with Gasteiger partial charge in [0.1, 0.15) is 5.75 Å². The summed E-state index contributed by atoms with van der Waals surface area (Å²) >= 11 is 15.1. The summed E-state index contributed by atoms with van der Waals surface area (Å²) in [6.07, 6.45) is 0. The minimum absolute atomic E-state index is 0.142. The lowest BCUT2D eigenvalue weighted by molar-refractivity contribution is -0.145. The summed E-state index contributed by atoms with van der Waals surface area (Å²) in [6, 6.07) is 3.33. The van der Waals surface area contributed by atoms with Crippen LogP contribution in [-0.4, -0.2) is 19.2 Å². The van der Waals surface area contributed by atoms with E-state index in [1.807, 2.05) is 0 Å². The topological polar surface area (TPSA) is 35.5 Å². The highest BCUT2D eigenvalue weighted by molar-refractivity contribution is 9.10. The third-order valence-electron chi connectivity index (χ3n) is 1.91. The molecule has 0 N–H and O–H groups in total. The van der Waals surface area contributed by atoms with Gasteiger partial charge in [-0.1, -0.05) is 27.5 Å². The molecular formula is C11H11BrCl2O3. The second-order valence-corrected chi connectivity index (χ2v) is 4.62. The number of esters is 1. The number of carbonyl (C=O) groups is 1. The van der Waals surface area contributed by atoms with Gasteiger partial charge >= 0.3 is 5.97 Å². The van der Waals surface area contributed by atoms with Gasteiger partial charge in [-0.05, 0) is 24.6 Å². The van der Waals surface area contributed by atoms with E-state index < -0.39 is 5.97 Å². The van der Waals surface area contributed by atoms with Crippen LogP contribution in [0.2, 0.25) is 5.02 Å². The van der Waals surface area contributed by atoms with Gasteiger partial charge < -0.3 is 9.47 Å². The Bertz CT molecular complexity index is 387. The van der Waals surface area contributed by atoms with Gasteiger partial charge in [-0.25, -0.2) is 4.79 Å². The van der Waals surface area contributed by atoms with Crippen LogP contribution in [0.1, 0.15) is 12.5 Å². The van der Waals surface area contributed by atoms with Crippen molar-refractivity contribution in [3.63, 3.8) is 0 Å². The lowest BCUT2D eigenvalue weighted by Gasteiger charge is -2.09. The molecule has 0 bridgehead atoms. The fourth-order valence-corrected chi connectivity index (χ4v) is 2.62. The average Bonchev–Trinajstić information content (AvgIpc) is 2.26. The molecule has 0 aliphatic carbocycles. The van der Waals surface area contributed by atoms with E-state index >= 15 is 0 Å². The lowest BCUT2D eigenvalue weighted by atomic mass is 10.2. The number of hydrogen-bond acceptors (Lipinski definition) is 3. The number of halogens is 3. The van der Waals surface area contributed by atoms with Crippen molar-refractivity contribution in [1.82, 2.24) is 0 Å². The van der Waals surface area contributed by atoms with Crippen LogP contribution >= 0.6 is 39.1 Å². The largest absolute Gasteiger partial charge is 0.482 e. The number of carbonyl (C=O) groups excluding carboxylic acids is 1. The first-order valence-corrected chi connectivity index (χ1v) is 6.61. The first-order valence-electron chi connectivity index (χ1n) is 4.90. The first-order chi connectivity index (χ1) is 8.08. The minimum atomic E-state index is -0.416. The van der Waals surface area contributed by atoms with Gasteiger partial charge in [-0.2, -0.15) is 0 Å². The fraction of sp³-hybridized carbons (Fsp3) is 0.364. The Morgan fingerprint density at radius 1 is 1.47 bits per heavy atom. The van der Waals surface area contributed by atoms with E-state index in [4.69, 9.17) is 32.7 Å². The third kappa shape index (κ3) is 4.37. The van der Waals surface area contributed by atoms with Crippen LogP contribution in [0.15, 0.2) is 16.6 Å². The van der Waals surface area contributed by atoms with Gasteiger partial charge in [-0.15, -0.1) is 11.6 Å². The molecule has 0 aromatic heterocycles. The van der Waals surface area contributed by atoms with Crippen LogP contribution in [0.4, 0.5) is 0 Å². The standard InChI is InChI=1S/C11H11BrCl2O3/c1-2-16-11(15)6-17-7-3-9(12)8(5-13)10(14)4-7/h3-4H,2,5-6H2,1H3. The number of benzene rings is 1. The summed E-state index contributed by atoms with van der Waals surface area (Å²) < 4.78 is 10.7. The Kier molecular flexibility index (Phi) is 6.09. The zero-order valence-electron chi connectivity index (χ0n) is 9.13. The van der Waals surface area contributed by atoms with Crippen molar-refractivity contribution in [2.24, 2.45) is 0 Å². The molecule has 0 fully saturated rings. The normalized spacial score (nSPS) is 10.1. The van der Waals surface area contributed by atoms with Crippen molar-refractivity contribution in [2.45, 2.75) is 12.8 Å². The minimum Gasteiger partial charge on any atom is -0.482 e. The molecule has 3 nitrogen and oxygen atoms in total. The number of hydrogen-bond donors (Lipinski definition) is 0. The van der Waals surface area contributed by atoms with Crippen molar-refractivity contribution in [1.29, 1.82) is 0 Å². The Morgan fingerprint density at radius 2 is 2.18 bits per heavy atom. The zero-order chi connectivity index (χ0) is 12.8. The molecular weight excluding hydrogens is 331 g/mol. The molecule has 0 unspecified atom stereocenters. The molecule has 94 valence electrons. The second-order valence-electron chi connectivity index (χ2n) is 3.09. The van der Waals surface area contributed by atoms with E-state index in [0.29, 0.717) is 23.3 Å². The molecule has 0 radical (unpaired) electrons. The van der Waals surface area contributed by atoms with Crippen molar-refractivity contribution < 1.29 is 14.3 Å². The van der Waals surface area contributed by atoms with E-state index in [0.717, 1.165) is 10.0 Å². The van der Waals surface area contributed by atoms with Gasteiger partial charge in [0.25, 0.3) is 0 Å². The van der Waals surface area contributed by atoms with Crippen molar-refractivity contribution in [2.75, 3.05) is 13.2 Å². The Morgan fingerprint density at radius 3 is 2.71 bits per heavy atom. The SMILES string of the molecule is CCOC(=O)COc1cc(Cl)c(CCl)c(Br)c1. The summed E-state index contributed by atoms with van der Waals surface area (Å²) in [5.74, 6) is 0.377. The van der Waals surface area contributed by atoms with Crippen LogP contribution in [-0.2, 0) is 15.4 Å². The van der Waals surface area contributed by atoms with Crippen molar-refractivity contribution in [3.8, 4) is 5.75 Å². The quantitative estimate of drug-likeness (QED) is 0.604. The smallest absolute Gasteiger partial charge is 0.344 e. The van der Waals surface area contributed by atoms with E-state index in [2.05, 4.69) is 15.9 Å². The first kappa shape index (κ1) is 14.6. The maximum atomic E-state index is 11.1. The van der Waals surface area contributed by atoms with Crippen LogP contribution in [0.3, 0.4) is 0 Å². The molecule has 0 aliphatic heterocycles. The zero-order valence-corrected chi connectivity index (χ0v) is 12.2. The maximum absolute atomic E-state index is 11.1. The van der Waals surface area contributed by atoms with E-state index in [1.165, 1.54) is 0 Å². The Balaban J connectivity index is 2.70. The monoisotopic (exact) mass is 340 g/mol. The van der Waals surface area contributed by atoms with Gasteiger partial charge in [0.15, 0.2) is 6.61 Å². The van der Waals surface area contributed by atoms with Gasteiger partial charge in [0.05, 0.1) is 6.61 Å². The Hall–Kier alpha value is -0.450. The molecule has 0 atom stereocenters. The van der Waals surface area contributed by atoms with Crippen LogP contribution in [0.5, 0.6) is 5.75 Å². The highest BCUT2D eigenvalue weighted by Gasteiger charge is 2.09. The molecule has 1 rings (SSSR count). The van der Waals surface area contributed by atoms with Crippen molar-refractivity contribution >= 4 is 45.1 Å². The second kappa shape index (κ2) is 7.09. The van der Waals surface area contributed by atoms with Crippen molar-refractivity contribution in [3.05, 3.63) is 27.2 Å². The fourth-order valence-electron chi connectivity index (χ4n) is 1.14.